The summed E-state index contributed by atoms with van der Waals surface area (Å²) in [6.07, 6.45) is 2.81. The van der Waals surface area contributed by atoms with Gasteiger partial charge in [-0.3, -0.25) is 0 Å². The molecule has 1 aromatic carbocycles. The van der Waals surface area contributed by atoms with Gasteiger partial charge in [0.15, 0.2) is 11.6 Å². The fourth-order valence-corrected chi connectivity index (χ4v) is 1.92. The zero-order valence-corrected chi connectivity index (χ0v) is 9.88. The zero-order chi connectivity index (χ0) is 12.3. The molecular weight excluding hydrogens is 224 g/mol. The minimum absolute atomic E-state index is 0.000608. The highest BCUT2D eigenvalue weighted by Crippen LogP contribution is 2.28. The van der Waals surface area contributed by atoms with Crippen LogP contribution in [0.2, 0.25) is 0 Å². The Hall–Kier alpha value is -1.16. The van der Waals surface area contributed by atoms with Crippen LogP contribution < -0.4 is 10.1 Å². The van der Waals surface area contributed by atoms with Crippen molar-refractivity contribution in [1.82, 2.24) is 5.32 Å². The van der Waals surface area contributed by atoms with Crippen molar-refractivity contribution in [2.45, 2.75) is 38.3 Å². The van der Waals surface area contributed by atoms with Crippen molar-refractivity contribution < 1.29 is 13.5 Å². The van der Waals surface area contributed by atoms with Gasteiger partial charge in [-0.05, 0) is 37.9 Å². The van der Waals surface area contributed by atoms with Crippen LogP contribution in [-0.2, 0) is 0 Å². The molecule has 0 saturated heterocycles. The summed E-state index contributed by atoms with van der Waals surface area (Å²) in [5, 5.41) is 3.36. The van der Waals surface area contributed by atoms with Crippen LogP contribution >= 0.6 is 0 Å². The maximum Gasteiger partial charge on any atom is 0.165 e. The van der Waals surface area contributed by atoms with Crippen LogP contribution in [0.3, 0.4) is 0 Å². The average Bonchev–Trinajstić information content (AvgIpc) is 2.26. The van der Waals surface area contributed by atoms with Gasteiger partial charge in [-0.1, -0.05) is 6.92 Å². The van der Waals surface area contributed by atoms with E-state index in [1.54, 1.807) is 0 Å². The first-order valence-electron chi connectivity index (χ1n) is 6.04. The lowest BCUT2D eigenvalue weighted by molar-refractivity contribution is 0.0809. The quantitative estimate of drug-likeness (QED) is 0.855. The lowest BCUT2D eigenvalue weighted by atomic mass is 9.89. The van der Waals surface area contributed by atoms with Gasteiger partial charge >= 0.3 is 0 Å². The molecule has 0 radical (unpaired) electrons. The number of hydrogen-bond donors (Lipinski definition) is 1. The molecule has 0 bridgehead atoms. The molecule has 4 heteroatoms. The van der Waals surface area contributed by atoms with Crippen molar-refractivity contribution in [3.05, 3.63) is 29.8 Å². The summed E-state index contributed by atoms with van der Waals surface area (Å²) in [6.45, 7) is 3.10. The summed E-state index contributed by atoms with van der Waals surface area (Å²) < 4.78 is 31.6. The molecule has 1 aromatic rings. The second-order valence-corrected chi connectivity index (χ2v) is 4.44. The Morgan fingerprint density at radius 1 is 1.35 bits per heavy atom. The normalized spacial score (nSPS) is 23.2. The van der Waals surface area contributed by atoms with Crippen LogP contribution in [0.25, 0.3) is 0 Å². The third-order valence-electron chi connectivity index (χ3n) is 2.96. The van der Waals surface area contributed by atoms with Gasteiger partial charge in [0, 0.05) is 12.1 Å². The molecule has 1 saturated carbocycles. The number of rotatable bonds is 5. The molecule has 0 spiro atoms. The van der Waals surface area contributed by atoms with Crippen molar-refractivity contribution in [1.29, 1.82) is 0 Å². The molecule has 1 fully saturated rings. The molecular formula is C13H17F2NO. The molecule has 0 heterocycles. The average molecular weight is 241 g/mol. The topological polar surface area (TPSA) is 21.3 Å². The second-order valence-electron chi connectivity index (χ2n) is 4.44. The molecule has 0 atom stereocenters. The Morgan fingerprint density at radius 2 is 2.12 bits per heavy atom. The summed E-state index contributed by atoms with van der Waals surface area (Å²) in [5.74, 6) is -0.957. The summed E-state index contributed by atoms with van der Waals surface area (Å²) in [7, 11) is 0. The molecule has 0 aliphatic heterocycles. The molecule has 2 nitrogen and oxygen atoms in total. The molecule has 0 unspecified atom stereocenters. The first-order chi connectivity index (χ1) is 8.19. The van der Waals surface area contributed by atoms with Crippen molar-refractivity contribution in [3.63, 3.8) is 0 Å². The minimum Gasteiger partial charge on any atom is -0.487 e. The van der Waals surface area contributed by atoms with Crippen LogP contribution in [0, 0.1) is 11.6 Å². The highest BCUT2D eigenvalue weighted by molar-refractivity contribution is 5.25. The third kappa shape index (κ3) is 3.16. The minimum atomic E-state index is -0.503. The van der Waals surface area contributed by atoms with E-state index >= 15 is 0 Å². The monoisotopic (exact) mass is 241 g/mol. The molecule has 0 amide bonds. The molecule has 1 aliphatic carbocycles. The number of ether oxygens (including phenoxy) is 1. The summed E-state index contributed by atoms with van der Waals surface area (Å²) in [5.41, 5.74) is 0. The van der Waals surface area contributed by atoms with E-state index in [-0.39, 0.29) is 11.9 Å². The molecule has 94 valence electrons. The van der Waals surface area contributed by atoms with Gasteiger partial charge in [-0.2, -0.15) is 0 Å². The van der Waals surface area contributed by atoms with Crippen molar-refractivity contribution in [3.8, 4) is 5.75 Å². The van der Waals surface area contributed by atoms with E-state index in [0.29, 0.717) is 6.04 Å². The van der Waals surface area contributed by atoms with Crippen molar-refractivity contribution in [2.24, 2.45) is 0 Å². The Kier molecular flexibility index (Phi) is 3.94. The van der Waals surface area contributed by atoms with E-state index in [1.807, 2.05) is 0 Å². The predicted molar refractivity (Wildman–Crippen MR) is 62.1 cm³/mol. The van der Waals surface area contributed by atoms with Gasteiger partial charge in [0.2, 0.25) is 0 Å². The smallest absolute Gasteiger partial charge is 0.165 e. The first kappa shape index (κ1) is 12.3. The van der Waals surface area contributed by atoms with E-state index in [1.165, 1.54) is 0 Å². The second kappa shape index (κ2) is 5.45. The molecule has 0 aromatic heterocycles. The van der Waals surface area contributed by atoms with E-state index < -0.39 is 11.6 Å². The highest BCUT2D eigenvalue weighted by atomic mass is 19.1. The van der Waals surface area contributed by atoms with Gasteiger partial charge in [-0.15, -0.1) is 0 Å². The molecule has 2 rings (SSSR count). The van der Waals surface area contributed by atoms with Crippen LogP contribution in [0.15, 0.2) is 18.2 Å². The first-order valence-corrected chi connectivity index (χ1v) is 6.04. The molecule has 17 heavy (non-hydrogen) atoms. The summed E-state index contributed by atoms with van der Waals surface area (Å²) in [4.78, 5) is 0. The molecule has 1 N–H and O–H groups in total. The number of hydrogen-bond acceptors (Lipinski definition) is 2. The lowest BCUT2D eigenvalue weighted by Crippen LogP contribution is -2.47. The van der Waals surface area contributed by atoms with Crippen molar-refractivity contribution >= 4 is 0 Å². The Bertz CT molecular complexity index is 378. The predicted octanol–water partition coefficient (Wildman–Crippen LogP) is 2.87. The van der Waals surface area contributed by atoms with Gasteiger partial charge < -0.3 is 10.1 Å². The zero-order valence-electron chi connectivity index (χ0n) is 9.88. The fraction of sp³-hybridized carbons (Fsp3) is 0.538. The summed E-state index contributed by atoms with van der Waals surface area (Å²) >= 11 is 0. The lowest BCUT2D eigenvalue weighted by Gasteiger charge is -2.36. The molecule has 1 aliphatic rings. The SMILES string of the molecule is CCCNC1CC(Oc2cc(F)ccc2F)C1. The van der Waals surface area contributed by atoms with E-state index in [4.69, 9.17) is 4.74 Å². The van der Waals surface area contributed by atoms with Crippen LogP contribution in [0.5, 0.6) is 5.75 Å². The van der Waals surface area contributed by atoms with Crippen LogP contribution in [0.1, 0.15) is 26.2 Å². The van der Waals surface area contributed by atoms with E-state index in [9.17, 15) is 8.78 Å². The van der Waals surface area contributed by atoms with Crippen LogP contribution in [-0.4, -0.2) is 18.7 Å². The van der Waals surface area contributed by atoms with Gasteiger partial charge in [0.05, 0.1) is 0 Å². The maximum absolute atomic E-state index is 13.3. The fourth-order valence-electron chi connectivity index (χ4n) is 1.92. The van der Waals surface area contributed by atoms with Gasteiger partial charge in [0.1, 0.15) is 11.9 Å². The standard InChI is InChI=1S/C13H17F2NO/c1-2-5-16-10-7-11(8-10)17-13-6-9(14)3-4-12(13)15/h3-4,6,10-11,16H,2,5,7-8H2,1H3. The van der Waals surface area contributed by atoms with Gasteiger partial charge in [-0.25, -0.2) is 8.78 Å². The van der Waals surface area contributed by atoms with Gasteiger partial charge in [0.25, 0.3) is 0 Å². The largest absolute Gasteiger partial charge is 0.487 e. The summed E-state index contributed by atoms with van der Waals surface area (Å²) in [6, 6.07) is 3.74. The van der Waals surface area contributed by atoms with Crippen LogP contribution in [0.4, 0.5) is 8.78 Å². The Labute approximate surface area is 100.0 Å². The number of nitrogens with one attached hydrogen (secondary N) is 1. The van der Waals surface area contributed by atoms with Crippen molar-refractivity contribution in [2.75, 3.05) is 6.54 Å². The Morgan fingerprint density at radius 3 is 2.82 bits per heavy atom. The highest BCUT2D eigenvalue weighted by Gasteiger charge is 2.30. The third-order valence-corrected chi connectivity index (χ3v) is 2.96. The maximum atomic E-state index is 13.3. The Balaban J connectivity index is 1.81. The number of halogens is 2. The van der Waals surface area contributed by atoms with E-state index in [0.717, 1.165) is 44.0 Å². The van der Waals surface area contributed by atoms with E-state index in [2.05, 4.69) is 12.2 Å². The number of benzene rings is 1.